The van der Waals surface area contributed by atoms with Gasteiger partial charge in [0.25, 0.3) is 7.82 Å². The van der Waals surface area contributed by atoms with Crippen molar-refractivity contribution in [1.29, 1.82) is 0 Å². The summed E-state index contributed by atoms with van der Waals surface area (Å²) >= 11 is 0. The van der Waals surface area contributed by atoms with Gasteiger partial charge in [-0.05, 0) is 6.42 Å². The second kappa shape index (κ2) is 16.7. The molecular formula is C17H36NO7P. The molecule has 0 amide bonds. The maximum Gasteiger partial charge on any atom is 0.306 e. The van der Waals surface area contributed by atoms with E-state index in [1.165, 1.54) is 38.5 Å². The number of unbranched alkanes of at least 4 members (excludes halogenated alkanes) is 8. The van der Waals surface area contributed by atoms with Gasteiger partial charge in [-0.1, -0.05) is 58.3 Å². The van der Waals surface area contributed by atoms with E-state index < -0.39 is 33.1 Å². The van der Waals surface area contributed by atoms with Crippen molar-refractivity contribution >= 4 is 13.8 Å². The highest BCUT2D eigenvalue weighted by atomic mass is 31.2. The third-order valence-corrected chi connectivity index (χ3v) is 4.76. The van der Waals surface area contributed by atoms with Crippen LogP contribution in [0.25, 0.3) is 0 Å². The number of aliphatic hydroxyl groups is 1. The van der Waals surface area contributed by atoms with Crippen LogP contribution in [0, 0.1) is 0 Å². The van der Waals surface area contributed by atoms with Gasteiger partial charge in [0, 0.05) is 6.42 Å². The van der Waals surface area contributed by atoms with Crippen molar-refractivity contribution in [1.82, 2.24) is 0 Å². The lowest BCUT2D eigenvalue weighted by molar-refractivity contribution is -0.373. The van der Waals surface area contributed by atoms with E-state index in [9.17, 15) is 19.4 Å². The number of carbonyl (C=O) groups excluding carboxylic acids is 1. The Balaban J connectivity index is 3.76. The highest BCUT2D eigenvalue weighted by Gasteiger charge is 2.18. The molecule has 1 unspecified atom stereocenters. The number of phosphoric acid groups is 1. The predicted molar refractivity (Wildman–Crippen MR) is 96.1 cm³/mol. The van der Waals surface area contributed by atoms with Crippen molar-refractivity contribution in [3.05, 3.63) is 0 Å². The van der Waals surface area contributed by atoms with Gasteiger partial charge < -0.3 is 29.5 Å². The summed E-state index contributed by atoms with van der Waals surface area (Å²) < 4.78 is 25.5. The molecule has 0 heterocycles. The average Bonchev–Trinajstić information content (AvgIpc) is 2.62. The second-order valence-electron chi connectivity index (χ2n) is 6.30. The first-order valence-corrected chi connectivity index (χ1v) is 11.1. The summed E-state index contributed by atoms with van der Waals surface area (Å²) in [6.45, 7) is 1.43. The number of esters is 1. The fourth-order valence-electron chi connectivity index (χ4n) is 2.34. The lowest BCUT2D eigenvalue weighted by atomic mass is 10.1. The normalized spacial score (nSPS) is 14.8. The molecule has 0 bridgehead atoms. The number of rotatable bonds is 18. The maximum atomic E-state index is 11.7. The van der Waals surface area contributed by atoms with E-state index in [-0.39, 0.29) is 19.6 Å². The van der Waals surface area contributed by atoms with E-state index in [4.69, 9.17) is 4.74 Å². The predicted octanol–water partition coefficient (Wildman–Crippen LogP) is 1.55. The van der Waals surface area contributed by atoms with Crippen molar-refractivity contribution in [2.24, 2.45) is 0 Å². The van der Waals surface area contributed by atoms with Crippen LogP contribution in [-0.2, 0) is 23.1 Å². The van der Waals surface area contributed by atoms with Crippen molar-refractivity contribution in [2.45, 2.75) is 77.2 Å². The standard InChI is InChI=1S/C17H36NO7P/c1-2-3-4-5-6-7-8-9-10-11-17(20)25-16(14-19)15-24-26(21,22)23-13-12-18/h16,19H,2-15,18H2,1H3,(H,21,22)/t16-/m1/s1. The molecule has 9 heteroatoms. The summed E-state index contributed by atoms with van der Waals surface area (Å²) in [5.74, 6) is -0.463. The third-order valence-electron chi connectivity index (χ3n) is 3.80. The highest BCUT2D eigenvalue weighted by molar-refractivity contribution is 7.45. The Labute approximate surface area is 157 Å². The molecule has 0 saturated carbocycles. The van der Waals surface area contributed by atoms with Crippen molar-refractivity contribution in [3.8, 4) is 0 Å². The summed E-state index contributed by atoms with van der Waals surface area (Å²) in [4.78, 5) is 23.1. The molecule has 0 rings (SSSR count). The van der Waals surface area contributed by atoms with Crippen LogP contribution in [0.5, 0.6) is 0 Å². The van der Waals surface area contributed by atoms with Gasteiger partial charge in [0.1, 0.15) is 12.7 Å². The van der Waals surface area contributed by atoms with Gasteiger partial charge in [-0.2, -0.15) is 0 Å². The molecule has 0 aliphatic carbocycles. The molecule has 8 nitrogen and oxygen atoms in total. The molecule has 26 heavy (non-hydrogen) atoms. The van der Waals surface area contributed by atoms with Gasteiger partial charge in [-0.3, -0.25) is 9.36 Å². The van der Waals surface area contributed by atoms with Crippen LogP contribution in [0.3, 0.4) is 0 Å². The Morgan fingerprint density at radius 3 is 2.19 bits per heavy atom. The van der Waals surface area contributed by atoms with Crippen LogP contribution in [-0.4, -0.2) is 43.5 Å². The Hall–Kier alpha value is -0.500. The monoisotopic (exact) mass is 397 g/mol. The number of quaternary nitrogens is 1. The van der Waals surface area contributed by atoms with Crippen LogP contribution in [0.1, 0.15) is 71.1 Å². The van der Waals surface area contributed by atoms with Crippen molar-refractivity contribution in [2.75, 3.05) is 26.4 Å². The summed E-state index contributed by atoms with van der Waals surface area (Å²) in [5, 5.41) is 9.18. The van der Waals surface area contributed by atoms with Gasteiger partial charge in [-0.15, -0.1) is 0 Å². The SMILES string of the molecule is CCCCCCCCCCCC(=O)O[C@H](CO)COP(=O)([O-])OCC[NH3+]. The number of ether oxygens (including phenoxy) is 1. The topological polar surface area (TPSA) is 133 Å². The van der Waals surface area contributed by atoms with Crippen molar-refractivity contribution in [3.63, 3.8) is 0 Å². The molecule has 0 aliphatic heterocycles. The van der Waals surface area contributed by atoms with E-state index in [2.05, 4.69) is 21.7 Å². The molecule has 156 valence electrons. The lowest BCUT2D eigenvalue weighted by Gasteiger charge is -2.24. The Bertz CT molecular complexity index is 395. The fraction of sp³-hybridized carbons (Fsp3) is 0.941. The van der Waals surface area contributed by atoms with Crippen LogP contribution < -0.4 is 10.6 Å². The molecule has 0 saturated heterocycles. The van der Waals surface area contributed by atoms with E-state index >= 15 is 0 Å². The molecule has 0 aromatic carbocycles. The molecule has 0 aliphatic rings. The van der Waals surface area contributed by atoms with Crippen LogP contribution in [0.15, 0.2) is 0 Å². The van der Waals surface area contributed by atoms with Crippen LogP contribution >= 0.6 is 7.82 Å². The molecule has 0 fully saturated rings. The van der Waals surface area contributed by atoms with Gasteiger partial charge in [-0.25, -0.2) is 0 Å². The zero-order chi connectivity index (χ0) is 19.7. The van der Waals surface area contributed by atoms with E-state index in [1.807, 2.05) is 0 Å². The van der Waals surface area contributed by atoms with Gasteiger partial charge in [0.15, 0.2) is 0 Å². The molecule has 4 N–H and O–H groups in total. The molecule has 0 spiro atoms. The van der Waals surface area contributed by atoms with E-state index in [0.717, 1.165) is 19.3 Å². The Morgan fingerprint density at radius 1 is 1.08 bits per heavy atom. The second-order valence-corrected chi connectivity index (χ2v) is 7.71. The molecule has 2 atom stereocenters. The van der Waals surface area contributed by atoms with Crippen molar-refractivity contribution < 1.29 is 38.9 Å². The zero-order valence-electron chi connectivity index (χ0n) is 16.0. The number of aliphatic hydroxyl groups excluding tert-OH is 1. The maximum absolute atomic E-state index is 11.7. The number of phosphoric ester groups is 1. The summed E-state index contributed by atoms with van der Waals surface area (Å²) in [6, 6.07) is 0. The Morgan fingerprint density at radius 2 is 1.65 bits per heavy atom. The Kier molecular flexibility index (Phi) is 16.3. The summed E-state index contributed by atoms with van der Waals surface area (Å²) in [5.41, 5.74) is 3.45. The number of hydrogen-bond donors (Lipinski definition) is 2. The highest BCUT2D eigenvalue weighted by Crippen LogP contribution is 2.37. The first-order chi connectivity index (χ1) is 12.4. The number of carbonyl (C=O) groups is 1. The van der Waals surface area contributed by atoms with Gasteiger partial charge in [0.2, 0.25) is 0 Å². The lowest BCUT2D eigenvalue weighted by Crippen LogP contribution is -2.52. The summed E-state index contributed by atoms with van der Waals surface area (Å²) in [7, 11) is -4.46. The quantitative estimate of drug-likeness (QED) is 0.204. The minimum Gasteiger partial charge on any atom is -0.756 e. The van der Waals surface area contributed by atoms with Gasteiger partial charge >= 0.3 is 5.97 Å². The fourth-order valence-corrected chi connectivity index (χ4v) is 3.11. The molecule has 0 aromatic rings. The first kappa shape index (κ1) is 25.5. The minimum absolute atomic E-state index is 0.0804. The molecule has 0 radical (unpaired) electrons. The molecular weight excluding hydrogens is 361 g/mol. The summed E-state index contributed by atoms with van der Waals surface area (Å²) in [6.07, 6.45) is 9.53. The average molecular weight is 397 g/mol. The van der Waals surface area contributed by atoms with Gasteiger partial charge in [0.05, 0.1) is 19.8 Å². The largest absolute Gasteiger partial charge is 0.756 e. The van der Waals surface area contributed by atoms with E-state index in [0.29, 0.717) is 0 Å². The zero-order valence-corrected chi connectivity index (χ0v) is 16.9. The van der Waals surface area contributed by atoms with Crippen LogP contribution in [0.4, 0.5) is 0 Å². The first-order valence-electron chi connectivity index (χ1n) is 9.64. The minimum atomic E-state index is -4.46. The number of hydrogen-bond acceptors (Lipinski definition) is 7. The molecule has 0 aromatic heterocycles. The van der Waals surface area contributed by atoms with Crippen LogP contribution in [0.2, 0.25) is 0 Å². The van der Waals surface area contributed by atoms with E-state index in [1.54, 1.807) is 0 Å². The third kappa shape index (κ3) is 15.7. The smallest absolute Gasteiger partial charge is 0.306 e.